The van der Waals surface area contributed by atoms with Gasteiger partial charge in [0.25, 0.3) is 5.91 Å². The summed E-state index contributed by atoms with van der Waals surface area (Å²) in [6, 6.07) is 14.3. The highest BCUT2D eigenvalue weighted by Gasteiger charge is 2.03. The molecule has 0 aliphatic heterocycles. The van der Waals surface area contributed by atoms with Crippen LogP contribution in [-0.2, 0) is 0 Å². The summed E-state index contributed by atoms with van der Waals surface area (Å²) >= 11 is 3.33. The van der Waals surface area contributed by atoms with Crippen LogP contribution in [0.25, 0.3) is 6.08 Å². The van der Waals surface area contributed by atoms with E-state index >= 15 is 0 Å². The van der Waals surface area contributed by atoms with Crippen molar-refractivity contribution < 1.29 is 9.59 Å². The zero-order valence-corrected chi connectivity index (χ0v) is 13.1. The summed E-state index contributed by atoms with van der Waals surface area (Å²) in [5.74, 6) is -0.186. The van der Waals surface area contributed by atoms with Crippen LogP contribution in [0.15, 0.2) is 59.1 Å². The lowest BCUT2D eigenvalue weighted by molar-refractivity contribution is 0.0962. The van der Waals surface area contributed by atoms with Gasteiger partial charge in [-0.3, -0.25) is 9.59 Å². The molecule has 0 saturated heterocycles. The van der Waals surface area contributed by atoms with Gasteiger partial charge in [0.05, 0.1) is 0 Å². The Kier molecular flexibility index (Phi) is 5.06. The van der Waals surface area contributed by atoms with Gasteiger partial charge in [-0.1, -0.05) is 34.1 Å². The van der Waals surface area contributed by atoms with Gasteiger partial charge in [-0.25, -0.2) is 0 Å². The first-order valence-electron chi connectivity index (χ1n) is 6.40. The number of allylic oxidation sites excluding steroid dienone is 1. The number of halogens is 1. The molecule has 0 aliphatic carbocycles. The van der Waals surface area contributed by atoms with Crippen molar-refractivity contribution >= 4 is 33.7 Å². The average molecular weight is 344 g/mol. The van der Waals surface area contributed by atoms with Crippen LogP contribution in [-0.4, -0.2) is 18.7 Å². The van der Waals surface area contributed by atoms with E-state index in [1.54, 1.807) is 49.5 Å². The number of benzene rings is 2. The molecule has 2 aromatic rings. The summed E-state index contributed by atoms with van der Waals surface area (Å²) in [5.41, 5.74) is 2.10. The molecule has 4 heteroatoms. The molecule has 1 amide bonds. The molecule has 0 radical (unpaired) electrons. The van der Waals surface area contributed by atoms with Gasteiger partial charge in [-0.15, -0.1) is 0 Å². The SMILES string of the molecule is CNC(=O)c1ccc(C=CC(=O)c2ccc(Br)cc2)cc1. The van der Waals surface area contributed by atoms with E-state index in [1.165, 1.54) is 6.08 Å². The van der Waals surface area contributed by atoms with E-state index in [2.05, 4.69) is 21.2 Å². The van der Waals surface area contributed by atoms with Crippen LogP contribution in [0.2, 0.25) is 0 Å². The normalized spacial score (nSPS) is 10.6. The van der Waals surface area contributed by atoms with Crippen LogP contribution >= 0.6 is 15.9 Å². The Labute approximate surface area is 131 Å². The molecule has 0 fully saturated rings. The molecule has 0 aromatic heterocycles. The second kappa shape index (κ2) is 6.99. The Bertz CT molecular complexity index is 673. The lowest BCUT2D eigenvalue weighted by Gasteiger charge is -2.00. The number of ketones is 1. The van der Waals surface area contributed by atoms with Crippen LogP contribution < -0.4 is 5.32 Å². The van der Waals surface area contributed by atoms with Crippen LogP contribution in [0, 0.1) is 0 Å². The third-order valence-electron chi connectivity index (χ3n) is 2.96. The van der Waals surface area contributed by atoms with Crippen molar-refractivity contribution in [3.63, 3.8) is 0 Å². The molecule has 0 bridgehead atoms. The molecule has 2 aromatic carbocycles. The van der Waals surface area contributed by atoms with E-state index in [-0.39, 0.29) is 11.7 Å². The summed E-state index contributed by atoms with van der Waals surface area (Å²) < 4.78 is 0.938. The second-order valence-electron chi connectivity index (χ2n) is 4.41. The molecule has 0 saturated carbocycles. The Balaban J connectivity index is 2.08. The van der Waals surface area contributed by atoms with Gasteiger partial charge in [0.1, 0.15) is 0 Å². The van der Waals surface area contributed by atoms with Crippen molar-refractivity contribution in [3.8, 4) is 0 Å². The van der Waals surface area contributed by atoms with E-state index in [4.69, 9.17) is 0 Å². The highest BCUT2D eigenvalue weighted by Crippen LogP contribution is 2.12. The van der Waals surface area contributed by atoms with Gasteiger partial charge in [0.2, 0.25) is 0 Å². The van der Waals surface area contributed by atoms with Gasteiger partial charge < -0.3 is 5.32 Å². The Morgan fingerprint density at radius 3 is 2.10 bits per heavy atom. The zero-order chi connectivity index (χ0) is 15.2. The number of hydrogen-bond acceptors (Lipinski definition) is 2. The molecule has 0 spiro atoms. The van der Waals surface area contributed by atoms with Crippen molar-refractivity contribution in [1.82, 2.24) is 5.32 Å². The van der Waals surface area contributed by atoms with Crippen molar-refractivity contribution in [3.05, 3.63) is 75.8 Å². The minimum Gasteiger partial charge on any atom is -0.355 e. The molecule has 0 unspecified atom stereocenters. The topological polar surface area (TPSA) is 46.2 Å². The number of nitrogens with one attached hydrogen (secondary N) is 1. The number of carbonyl (C=O) groups is 2. The lowest BCUT2D eigenvalue weighted by atomic mass is 10.1. The maximum Gasteiger partial charge on any atom is 0.251 e. The third kappa shape index (κ3) is 4.13. The monoisotopic (exact) mass is 343 g/mol. The molecule has 21 heavy (non-hydrogen) atoms. The van der Waals surface area contributed by atoms with Gasteiger partial charge in [-0.05, 0) is 48.0 Å². The minimum atomic E-state index is -0.128. The molecule has 0 aliphatic rings. The first-order valence-corrected chi connectivity index (χ1v) is 7.19. The predicted octanol–water partition coefficient (Wildman–Crippen LogP) is 3.70. The van der Waals surface area contributed by atoms with E-state index in [0.717, 1.165) is 10.0 Å². The quantitative estimate of drug-likeness (QED) is 0.679. The summed E-state index contributed by atoms with van der Waals surface area (Å²) in [7, 11) is 1.59. The molecular weight excluding hydrogens is 330 g/mol. The summed E-state index contributed by atoms with van der Waals surface area (Å²) in [6.07, 6.45) is 3.26. The van der Waals surface area contributed by atoms with Gasteiger partial charge in [-0.2, -0.15) is 0 Å². The number of rotatable bonds is 4. The molecule has 106 valence electrons. The van der Waals surface area contributed by atoms with Crippen LogP contribution in [0.1, 0.15) is 26.3 Å². The second-order valence-corrected chi connectivity index (χ2v) is 5.32. The van der Waals surface area contributed by atoms with Crippen molar-refractivity contribution in [1.29, 1.82) is 0 Å². The average Bonchev–Trinajstić information content (AvgIpc) is 2.53. The minimum absolute atomic E-state index is 0.0575. The van der Waals surface area contributed by atoms with Crippen LogP contribution in [0.3, 0.4) is 0 Å². The van der Waals surface area contributed by atoms with Gasteiger partial charge in [0, 0.05) is 22.6 Å². The Morgan fingerprint density at radius 2 is 1.52 bits per heavy atom. The highest BCUT2D eigenvalue weighted by molar-refractivity contribution is 9.10. The standard InChI is InChI=1S/C17H14BrNO2/c1-19-17(21)14-5-2-12(3-6-14)4-11-16(20)13-7-9-15(18)10-8-13/h2-11H,1H3,(H,19,21). The maximum atomic E-state index is 12.0. The molecule has 0 heterocycles. The molecule has 3 nitrogen and oxygen atoms in total. The van der Waals surface area contributed by atoms with E-state index in [1.807, 2.05) is 12.1 Å². The molecule has 1 N–H and O–H groups in total. The smallest absolute Gasteiger partial charge is 0.251 e. The zero-order valence-electron chi connectivity index (χ0n) is 11.5. The fraction of sp³-hybridized carbons (Fsp3) is 0.0588. The highest BCUT2D eigenvalue weighted by atomic mass is 79.9. The third-order valence-corrected chi connectivity index (χ3v) is 3.48. The largest absolute Gasteiger partial charge is 0.355 e. The van der Waals surface area contributed by atoms with E-state index in [9.17, 15) is 9.59 Å². The van der Waals surface area contributed by atoms with Crippen molar-refractivity contribution in [2.45, 2.75) is 0 Å². The fourth-order valence-corrected chi connectivity index (χ4v) is 2.04. The van der Waals surface area contributed by atoms with E-state index in [0.29, 0.717) is 11.1 Å². The number of carbonyl (C=O) groups excluding carboxylic acids is 2. The summed E-state index contributed by atoms with van der Waals surface area (Å²) in [4.78, 5) is 23.4. The van der Waals surface area contributed by atoms with Crippen LogP contribution in [0.4, 0.5) is 0 Å². The Morgan fingerprint density at radius 1 is 0.952 bits per heavy atom. The Hall–Kier alpha value is -2.20. The van der Waals surface area contributed by atoms with Crippen molar-refractivity contribution in [2.24, 2.45) is 0 Å². The maximum absolute atomic E-state index is 12.0. The number of amides is 1. The molecular formula is C17H14BrNO2. The predicted molar refractivity (Wildman–Crippen MR) is 87.3 cm³/mol. The first-order chi connectivity index (χ1) is 10.1. The van der Waals surface area contributed by atoms with Gasteiger partial charge in [0.15, 0.2) is 5.78 Å². The van der Waals surface area contributed by atoms with E-state index < -0.39 is 0 Å². The lowest BCUT2D eigenvalue weighted by Crippen LogP contribution is -2.17. The van der Waals surface area contributed by atoms with Crippen LogP contribution in [0.5, 0.6) is 0 Å². The van der Waals surface area contributed by atoms with Crippen molar-refractivity contribution in [2.75, 3.05) is 7.05 Å². The summed E-state index contributed by atoms with van der Waals surface area (Å²) in [5, 5.41) is 2.56. The molecule has 2 rings (SSSR count). The fourth-order valence-electron chi connectivity index (χ4n) is 1.77. The summed E-state index contributed by atoms with van der Waals surface area (Å²) in [6.45, 7) is 0. The first kappa shape index (κ1) is 15.2. The number of hydrogen-bond donors (Lipinski definition) is 1. The molecule has 0 atom stereocenters. The van der Waals surface area contributed by atoms with Gasteiger partial charge >= 0.3 is 0 Å².